The van der Waals surface area contributed by atoms with Gasteiger partial charge in [-0.25, -0.2) is 8.78 Å². The molecule has 4 nitrogen and oxygen atoms in total. The highest BCUT2D eigenvalue weighted by Crippen LogP contribution is 2.27. The maximum absolute atomic E-state index is 13.8. The number of halogens is 2. The highest BCUT2D eigenvalue weighted by Gasteiger charge is 2.17. The molecule has 2 N–H and O–H groups in total. The zero-order valence-corrected chi connectivity index (χ0v) is 10.9. The summed E-state index contributed by atoms with van der Waals surface area (Å²) in [6, 6.07) is 10.6. The van der Waals surface area contributed by atoms with Gasteiger partial charge < -0.3 is 10.3 Å². The van der Waals surface area contributed by atoms with E-state index in [-0.39, 0.29) is 35.2 Å². The van der Waals surface area contributed by atoms with Gasteiger partial charge in [-0.3, -0.25) is 0 Å². The number of nitrogens with zero attached hydrogens (tertiary/aromatic N) is 2. The molecule has 0 atom stereocenters. The number of anilines is 1. The predicted molar refractivity (Wildman–Crippen MR) is 73.3 cm³/mol. The Balaban J connectivity index is 1.92. The van der Waals surface area contributed by atoms with Crippen LogP contribution in [-0.2, 0) is 6.42 Å². The van der Waals surface area contributed by atoms with Crippen LogP contribution in [0, 0.1) is 11.6 Å². The summed E-state index contributed by atoms with van der Waals surface area (Å²) in [7, 11) is 0. The number of aromatic nitrogens is 2. The number of benzene rings is 2. The molecule has 0 aliphatic rings. The molecule has 0 spiro atoms. The van der Waals surface area contributed by atoms with Gasteiger partial charge in [0, 0.05) is 12.1 Å². The number of hydrogen-bond acceptors (Lipinski definition) is 4. The number of nitrogen functional groups attached to an aromatic ring is 1. The van der Waals surface area contributed by atoms with Crippen LogP contribution in [0.3, 0.4) is 0 Å². The lowest BCUT2D eigenvalue weighted by molar-refractivity contribution is 0.421. The van der Waals surface area contributed by atoms with E-state index in [0.29, 0.717) is 5.56 Å². The van der Waals surface area contributed by atoms with Crippen molar-refractivity contribution in [1.29, 1.82) is 0 Å². The normalized spacial score (nSPS) is 10.8. The van der Waals surface area contributed by atoms with Crippen molar-refractivity contribution < 1.29 is 13.3 Å². The number of nitrogens with two attached hydrogens (primary N) is 1. The van der Waals surface area contributed by atoms with Crippen LogP contribution in [0.15, 0.2) is 47.0 Å². The fraction of sp³-hybridized carbons (Fsp3) is 0.0667. The standard InChI is InChI=1S/C15H11F2N3O/c16-10-5-2-1-4-9(10)8-13-19-15(21-20-13)14-11(17)6-3-7-12(14)18/h1-7H,8,18H2. The highest BCUT2D eigenvalue weighted by molar-refractivity contribution is 5.70. The molecule has 1 aromatic heterocycles. The lowest BCUT2D eigenvalue weighted by Gasteiger charge is -2.00. The highest BCUT2D eigenvalue weighted by atomic mass is 19.1. The summed E-state index contributed by atoms with van der Waals surface area (Å²) >= 11 is 0. The zero-order valence-electron chi connectivity index (χ0n) is 10.9. The molecule has 3 aromatic rings. The van der Waals surface area contributed by atoms with Crippen molar-refractivity contribution in [3.05, 3.63) is 65.5 Å². The summed E-state index contributed by atoms with van der Waals surface area (Å²) < 4.78 is 32.4. The first-order valence-corrected chi connectivity index (χ1v) is 6.25. The Morgan fingerprint density at radius 3 is 2.52 bits per heavy atom. The summed E-state index contributed by atoms with van der Waals surface area (Å²) in [4.78, 5) is 4.07. The monoisotopic (exact) mass is 287 g/mol. The smallest absolute Gasteiger partial charge is 0.263 e. The van der Waals surface area contributed by atoms with Gasteiger partial charge >= 0.3 is 0 Å². The van der Waals surface area contributed by atoms with Gasteiger partial charge in [0.15, 0.2) is 5.82 Å². The summed E-state index contributed by atoms with van der Waals surface area (Å²) in [5, 5.41) is 3.74. The SMILES string of the molecule is Nc1cccc(F)c1-c1nc(Cc2ccccc2F)no1. The van der Waals surface area contributed by atoms with Crippen molar-refractivity contribution in [2.24, 2.45) is 0 Å². The van der Waals surface area contributed by atoms with Crippen molar-refractivity contribution in [3.63, 3.8) is 0 Å². The van der Waals surface area contributed by atoms with Crippen LogP contribution in [0.1, 0.15) is 11.4 Å². The molecule has 0 radical (unpaired) electrons. The van der Waals surface area contributed by atoms with E-state index in [1.165, 1.54) is 18.2 Å². The second kappa shape index (κ2) is 5.32. The fourth-order valence-electron chi connectivity index (χ4n) is 2.01. The molecule has 3 rings (SSSR count). The van der Waals surface area contributed by atoms with Gasteiger partial charge in [0.25, 0.3) is 5.89 Å². The Morgan fingerprint density at radius 2 is 1.76 bits per heavy atom. The molecule has 1 heterocycles. The minimum atomic E-state index is -0.545. The minimum absolute atomic E-state index is 0.0167. The van der Waals surface area contributed by atoms with E-state index < -0.39 is 5.82 Å². The Morgan fingerprint density at radius 1 is 1.00 bits per heavy atom. The minimum Gasteiger partial charge on any atom is -0.398 e. The van der Waals surface area contributed by atoms with Crippen LogP contribution in [0.2, 0.25) is 0 Å². The largest absolute Gasteiger partial charge is 0.398 e. The van der Waals surface area contributed by atoms with Crippen molar-refractivity contribution in [2.75, 3.05) is 5.73 Å². The second-order valence-corrected chi connectivity index (χ2v) is 4.49. The third-order valence-corrected chi connectivity index (χ3v) is 3.03. The van der Waals surface area contributed by atoms with E-state index in [0.717, 1.165) is 0 Å². The van der Waals surface area contributed by atoms with Crippen molar-refractivity contribution in [1.82, 2.24) is 10.1 Å². The third-order valence-electron chi connectivity index (χ3n) is 3.03. The van der Waals surface area contributed by atoms with E-state index >= 15 is 0 Å². The quantitative estimate of drug-likeness (QED) is 0.751. The van der Waals surface area contributed by atoms with Crippen molar-refractivity contribution in [2.45, 2.75) is 6.42 Å². The van der Waals surface area contributed by atoms with Gasteiger partial charge in [-0.05, 0) is 23.8 Å². The number of hydrogen-bond donors (Lipinski definition) is 1. The van der Waals surface area contributed by atoms with Gasteiger partial charge in [0.1, 0.15) is 11.6 Å². The van der Waals surface area contributed by atoms with E-state index in [4.69, 9.17) is 10.3 Å². The third kappa shape index (κ3) is 2.60. The average Bonchev–Trinajstić information content (AvgIpc) is 2.89. The van der Waals surface area contributed by atoms with Crippen molar-refractivity contribution >= 4 is 5.69 Å². The lowest BCUT2D eigenvalue weighted by atomic mass is 10.1. The summed E-state index contributed by atoms with van der Waals surface area (Å²) in [6.07, 6.45) is 0.157. The summed E-state index contributed by atoms with van der Waals surface area (Å²) in [5.41, 5.74) is 6.41. The fourth-order valence-corrected chi connectivity index (χ4v) is 2.01. The van der Waals surface area contributed by atoms with E-state index in [2.05, 4.69) is 10.1 Å². The first-order chi connectivity index (χ1) is 10.1. The molecule has 0 amide bonds. The second-order valence-electron chi connectivity index (χ2n) is 4.49. The number of rotatable bonds is 3. The van der Waals surface area contributed by atoms with Crippen LogP contribution >= 0.6 is 0 Å². The van der Waals surface area contributed by atoms with E-state index in [1.807, 2.05) is 0 Å². The molecule has 0 saturated heterocycles. The first-order valence-electron chi connectivity index (χ1n) is 6.25. The Labute approximate surface area is 119 Å². The van der Waals surface area contributed by atoms with E-state index in [1.54, 1.807) is 24.3 Å². The zero-order chi connectivity index (χ0) is 14.8. The molecular weight excluding hydrogens is 276 g/mol. The molecule has 6 heteroatoms. The van der Waals surface area contributed by atoms with Crippen LogP contribution in [0.25, 0.3) is 11.5 Å². The molecule has 2 aromatic carbocycles. The van der Waals surface area contributed by atoms with Crippen LogP contribution in [0.5, 0.6) is 0 Å². The average molecular weight is 287 g/mol. The van der Waals surface area contributed by atoms with Gasteiger partial charge in [0.05, 0.1) is 5.56 Å². The molecular formula is C15H11F2N3O. The Kier molecular flexibility index (Phi) is 3.35. The van der Waals surface area contributed by atoms with Gasteiger partial charge in [-0.2, -0.15) is 4.98 Å². The topological polar surface area (TPSA) is 64.9 Å². The molecule has 0 fully saturated rings. The summed E-state index contributed by atoms with van der Waals surface area (Å²) in [6.45, 7) is 0. The predicted octanol–water partition coefficient (Wildman–Crippen LogP) is 3.19. The molecule has 106 valence electrons. The Bertz CT molecular complexity index is 766. The first kappa shape index (κ1) is 13.2. The van der Waals surface area contributed by atoms with Crippen molar-refractivity contribution in [3.8, 4) is 11.5 Å². The molecule has 0 saturated carbocycles. The van der Waals surface area contributed by atoms with Crippen LogP contribution < -0.4 is 5.73 Å². The maximum atomic E-state index is 13.8. The maximum Gasteiger partial charge on any atom is 0.263 e. The molecule has 0 unspecified atom stereocenters. The Hall–Kier alpha value is -2.76. The molecule has 0 aliphatic carbocycles. The lowest BCUT2D eigenvalue weighted by Crippen LogP contribution is -1.96. The van der Waals surface area contributed by atoms with Gasteiger partial charge in [0.2, 0.25) is 0 Å². The van der Waals surface area contributed by atoms with E-state index in [9.17, 15) is 8.78 Å². The van der Waals surface area contributed by atoms with Crippen LogP contribution in [-0.4, -0.2) is 10.1 Å². The van der Waals surface area contributed by atoms with Gasteiger partial charge in [-0.1, -0.05) is 29.4 Å². The molecule has 0 aliphatic heterocycles. The van der Waals surface area contributed by atoms with Crippen LogP contribution in [0.4, 0.5) is 14.5 Å². The molecule has 0 bridgehead atoms. The summed E-state index contributed by atoms with van der Waals surface area (Å²) in [5.74, 6) is -0.653. The molecule has 21 heavy (non-hydrogen) atoms. The van der Waals surface area contributed by atoms with Gasteiger partial charge in [-0.15, -0.1) is 0 Å².